The molecule has 1 heterocycles. The predicted molar refractivity (Wildman–Crippen MR) is 22.6 cm³/mol. The summed E-state index contributed by atoms with van der Waals surface area (Å²) in [6.07, 6.45) is -0.279. The largest absolute Gasteiger partial charge is 0.383 e. The smallest absolute Gasteiger partial charge is 0.270 e. The fourth-order valence-corrected chi connectivity index (χ4v) is 0.526. The molecule has 1 aliphatic rings. The van der Waals surface area contributed by atoms with Crippen LogP contribution in [0.1, 0.15) is 6.42 Å². The van der Waals surface area contributed by atoms with Gasteiger partial charge in [-0.15, -0.1) is 0 Å². The number of hydrogen-bond donors (Lipinski definition) is 1. The summed E-state index contributed by atoms with van der Waals surface area (Å²) in [6.45, 7) is 0.500. The molecule has 1 radical (unpaired) electrons. The van der Waals surface area contributed by atoms with Crippen molar-refractivity contribution in [2.45, 2.75) is 12.5 Å². The highest BCUT2D eigenvalue weighted by molar-refractivity contribution is 5.82. The third kappa shape index (κ3) is 0.718. The molecular formula is C4H6NO2. The van der Waals surface area contributed by atoms with E-state index in [9.17, 15) is 4.79 Å². The van der Waals surface area contributed by atoms with Crippen molar-refractivity contribution in [2.75, 3.05) is 6.54 Å². The molecule has 3 nitrogen and oxygen atoms in total. The maximum absolute atomic E-state index is 10.2. The van der Waals surface area contributed by atoms with E-state index in [-0.39, 0.29) is 5.91 Å². The maximum Gasteiger partial charge on any atom is 0.270 e. The number of carbonyl (C=O) groups is 1. The van der Waals surface area contributed by atoms with Crippen LogP contribution in [0.25, 0.3) is 0 Å². The first-order valence-corrected chi connectivity index (χ1v) is 2.20. The van der Waals surface area contributed by atoms with Gasteiger partial charge in [0.15, 0.2) is 0 Å². The van der Waals surface area contributed by atoms with Crippen molar-refractivity contribution in [1.29, 1.82) is 0 Å². The Morgan fingerprint density at radius 3 is 2.71 bits per heavy atom. The lowest BCUT2D eigenvalue weighted by molar-refractivity contribution is -0.126. The summed E-state index contributed by atoms with van der Waals surface area (Å²) in [5.74, 6) is -0.361. The summed E-state index contributed by atoms with van der Waals surface area (Å²) >= 11 is 0. The van der Waals surface area contributed by atoms with Crippen LogP contribution in [0.3, 0.4) is 0 Å². The number of aliphatic hydroxyl groups excluding tert-OH is 1. The molecule has 0 aromatic carbocycles. The van der Waals surface area contributed by atoms with Crippen LogP contribution in [0, 0.1) is 0 Å². The van der Waals surface area contributed by atoms with Crippen molar-refractivity contribution in [3.63, 3.8) is 0 Å². The van der Waals surface area contributed by atoms with E-state index in [0.29, 0.717) is 13.0 Å². The molecule has 7 heavy (non-hydrogen) atoms. The Kier molecular flexibility index (Phi) is 0.982. The zero-order valence-electron chi connectivity index (χ0n) is 3.79. The van der Waals surface area contributed by atoms with Crippen molar-refractivity contribution < 1.29 is 9.90 Å². The van der Waals surface area contributed by atoms with Crippen LogP contribution >= 0.6 is 0 Å². The molecule has 1 rings (SSSR count). The van der Waals surface area contributed by atoms with Crippen LogP contribution in [0.5, 0.6) is 0 Å². The fraction of sp³-hybridized carbons (Fsp3) is 0.750. The highest BCUT2D eigenvalue weighted by Crippen LogP contribution is 1.98. The number of amides is 1. The molecule has 0 aromatic heterocycles. The second kappa shape index (κ2) is 1.50. The number of carbonyl (C=O) groups excluding carboxylic acids is 1. The minimum atomic E-state index is -0.792. The van der Waals surface area contributed by atoms with Gasteiger partial charge in [0, 0.05) is 13.0 Å². The van der Waals surface area contributed by atoms with Crippen molar-refractivity contribution in [2.24, 2.45) is 0 Å². The maximum atomic E-state index is 10.2. The molecule has 0 saturated carbocycles. The average molecular weight is 100 g/mol. The summed E-state index contributed by atoms with van der Waals surface area (Å²) in [6, 6.07) is 0. The number of nitrogens with zero attached hydrogens (tertiary/aromatic N) is 1. The molecule has 1 aliphatic heterocycles. The summed E-state index contributed by atoms with van der Waals surface area (Å²) in [7, 11) is 0. The van der Waals surface area contributed by atoms with Crippen molar-refractivity contribution in [1.82, 2.24) is 5.32 Å². The lowest BCUT2D eigenvalue weighted by atomic mass is 10.3. The van der Waals surface area contributed by atoms with Crippen LogP contribution in [0.4, 0.5) is 0 Å². The van der Waals surface area contributed by atoms with Crippen molar-refractivity contribution in [3.8, 4) is 0 Å². The lowest BCUT2D eigenvalue weighted by Crippen LogP contribution is -2.16. The van der Waals surface area contributed by atoms with Gasteiger partial charge in [0.1, 0.15) is 6.10 Å². The van der Waals surface area contributed by atoms with Crippen LogP contribution in [0.15, 0.2) is 0 Å². The zero-order chi connectivity index (χ0) is 5.28. The molecule has 39 valence electrons. The van der Waals surface area contributed by atoms with Crippen molar-refractivity contribution >= 4 is 5.91 Å². The zero-order valence-corrected chi connectivity index (χ0v) is 3.79. The highest BCUT2D eigenvalue weighted by Gasteiger charge is 2.21. The van der Waals surface area contributed by atoms with E-state index in [1.165, 1.54) is 0 Å². The van der Waals surface area contributed by atoms with E-state index < -0.39 is 6.10 Å². The fourth-order valence-electron chi connectivity index (χ4n) is 0.526. The van der Waals surface area contributed by atoms with Crippen LogP contribution < -0.4 is 5.32 Å². The molecule has 0 spiro atoms. The summed E-state index contributed by atoms with van der Waals surface area (Å²) < 4.78 is 0. The van der Waals surface area contributed by atoms with E-state index in [4.69, 9.17) is 5.11 Å². The molecule has 1 N–H and O–H groups in total. The first-order chi connectivity index (χ1) is 3.30. The van der Waals surface area contributed by atoms with Crippen LogP contribution in [-0.2, 0) is 4.79 Å². The second-order valence-corrected chi connectivity index (χ2v) is 1.52. The Balaban J connectivity index is 2.48. The van der Waals surface area contributed by atoms with Gasteiger partial charge < -0.3 is 5.11 Å². The van der Waals surface area contributed by atoms with Gasteiger partial charge in [-0.25, -0.2) is 5.32 Å². The Morgan fingerprint density at radius 2 is 2.57 bits per heavy atom. The third-order valence-electron chi connectivity index (χ3n) is 0.955. The Morgan fingerprint density at radius 1 is 1.86 bits per heavy atom. The minimum Gasteiger partial charge on any atom is -0.383 e. The Hall–Kier alpha value is -0.570. The van der Waals surface area contributed by atoms with E-state index in [1.54, 1.807) is 0 Å². The molecule has 3 heteroatoms. The Labute approximate surface area is 41.3 Å². The molecule has 0 aliphatic carbocycles. The Bertz CT molecular complexity index is 91.7. The summed E-state index contributed by atoms with van der Waals surface area (Å²) in [5, 5.41) is 12.0. The van der Waals surface area contributed by atoms with E-state index in [2.05, 4.69) is 5.32 Å². The predicted octanol–water partition coefficient (Wildman–Crippen LogP) is -1.12. The summed E-state index contributed by atoms with van der Waals surface area (Å²) in [4.78, 5) is 10.2. The average Bonchev–Trinajstić information content (AvgIpc) is 1.91. The number of rotatable bonds is 0. The monoisotopic (exact) mass is 100 g/mol. The van der Waals surface area contributed by atoms with E-state index in [0.717, 1.165) is 0 Å². The first-order valence-electron chi connectivity index (χ1n) is 2.20. The standard InChI is InChI=1S/C4H6NO2/c6-3-1-2-5-4(3)7/h3,6H,1-2H2/t3-/m0/s1. The first kappa shape index (κ1) is 4.59. The number of aliphatic hydroxyl groups is 1. The number of hydrogen-bond acceptors (Lipinski definition) is 2. The van der Waals surface area contributed by atoms with Gasteiger partial charge in [0.25, 0.3) is 5.91 Å². The third-order valence-corrected chi connectivity index (χ3v) is 0.955. The van der Waals surface area contributed by atoms with Crippen LogP contribution in [-0.4, -0.2) is 23.7 Å². The molecule has 1 fully saturated rings. The van der Waals surface area contributed by atoms with Gasteiger partial charge in [-0.3, -0.25) is 4.79 Å². The molecular weight excluding hydrogens is 94.0 g/mol. The molecule has 0 unspecified atom stereocenters. The van der Waals surface area contributed by atoms with Gasteiger partial charge in [-0.1, -0.05) is 0 Å². The second-order valence-electron chi connectivity index (χ2n) is 1.52. The minimum absolute atomic E-state index is 0.361. The molecule has 0 aromatic rings. The highest BCUT2D eigenvalue weighted by atomic mass is 16.3. The van der Waals surface area contributed by atoms with Gasteiger partial charge in [0.2, 0.25) is 0 Å². The summed E-state index contributed by atoms with van der Waals surface area (Å²) in [5.41, 5.74) is 0. The quantitative estimate of drug-likeness (QED) is 0.419. The van der Waals surface area contributed by atoms with Gasteiger partial charge in [-0.05, 0) is 0 Å². The van der Waals surface area contributed by atoms with Gasteiger partial charge >= 0.3 is 0 Å². The topological polar surface area (TPSA) is 51.4 Å². The van der Waals surface area contributed by atoms with Crippen LogP contribution in [0.2, 0.25) is 0 Å². The van der Waals surface area contributed by atoms with E-state index in [1.807, 2.05) is 0 Å². The SMILES string of the molecule is O=C1[N]CC[C@@H]1O. The van der Waals surface area contributed by atoms with Gasteiger partial charge in [0.05, 0.1) is 0 Å². The molecule has 0 bridgehead atoms. The van der Waals surface area contributed by atoms with Gasteiger partial charge in [-0.2, -0.15) is 0 Å². The van der Waals surface area contributed by atoms with Crippen molar-refractivity contribution in [3.05, 3.63) is 0 Å². The normalized spacial score (nSPS) is 30.4. The lowest BCUT2D eigenvalue weighted by Gasteiger charge is -1.88. The molecule has 1 amide bonds. The van der Waals surface area contributed by atoms with E-state index >= 15 is 0 Å². The molecule has 1 saturated heterocycles. The molecule has 1 atom stereocenters.